The number of amides is 2. The van der Waals surface area contributed by atoms with Crippen LogP contribution in [0.3, 0.4) is 0 Å². The quantitative estimate of drug-likeness (QED) is 0.354. The Morgan fingerprint density at radius 3 is 2.44 bits per heavy atom. The van der Waals surface area contributed by atoms with Crippen LogP contribution in [0.25, 0.3) is 0 Å². The van der Waals surface area contributed by atoms with Gasteiger partial charge in [-0.25, -0.2) is 4.39 Å². The van der Waals surface area contributed by atoms with Crippen molar-refractivity contribution in [3.63, 3.8) is 0 Å². The summed E-state index contributed by atoms with van der Waals surface area (Å²) in [5.74, 6) is -3.71. The molecule has 0 unspecified atom stereocenters. The van der Waals surface area contributed by atoms with E-state index >= 15 is 0 Å². The first kappa shape index (κ1) is 18.3. The molecule has 1 aliphatic heterocycles. The van der Waals surface area contributed by atoms with Gasteiger partial charge in [-0.15, -0.1) is 0 Å². The molecule has 0 atom stereocenters. The minimum absolute atomic E-state index is 0.0679. The van der Waals surface area contributed by atoms with Crippen LogP contribution in [0.15, 0.2) is 23.9 Å². The summed E-state index contributed by atoms with van der Waals surface area (Å²) in [5, 5.41) is 21.7. The Labute approximate surface area is 136 Å². The Kier molecular flexibility index (Phi) is 4.74. The predicted octanol–water partition coefficient (Wildman–Crippen LogP) is 1.41. The van der Waals surface area contributed by atoms with Gasteiger partial charge in [0, 0.05) is 6.08 Å². The van der Waals surface area contributed by atoms with Crippen molar-refractivity contribution in [2.45, 2.75) is 6.18 Å². The lowest BCUT2D eigenvalue weighted by Crippen LogP contribution is -2.34. The summed E-state index contributed by atoms with van der Waals surface area (Å²) in [6.45, 7) is -0.911. The number of aliphatic hydroxyl groups is 1. The number of benzene rings is 1. The van der Waals surface area contributed by atoms with Crippen molar-refractivity contribution in [1.82, 2.24) is 4.90 Å². The number of carbonyl (C=O) groups is 2. The molecule has 2 rings (SSSR count). The fourth-order valence-electron chi connectivity index (χ4n) is 2.09. The normalized spacial score (nSPS) is 14.8. The molecule has 8 nitrogen and oxygen atoms in total. The van der Waals surface area contributed by atoms with Crippen molar-refractivity contribution < 1.29 is 37.2 Å². The molecule has 0 spiro atoms. The smallest absolute Gasteiger partial charge is 0.395 e. The van der Waals surface area contributed by atoms with Gasteiger partial charge in [-0.3, -0.25) is 24.6 Å². The number of β-amino-alcohol motifs (C(OH)–C–C–N with tert-alkyl or cyclic N) is 1. The van der Waals surface area contributed by atoms with Crippen molar-refractivity contribution in [1.29, 1.82) is 0 Å². The van der Waals surface area contributed by atoms with Crippen LogP contribution in [0.5, 0.6) is 0 Å². The number of alkyl halides is 3. The van der Waals surface area contributed by atoms with E-state index in [1.165, 1.54) is 0 Å². The number of nitrogens with one attached hydrogen (secondary N) is 1. The summed E-state index contributed by atoms with van der Waals surface area (Å²) in [5.41, 5.74) is -4.17. The van der Waals surface area contributed by atoms with Crippen LogP contribution in [-0.4, -0.2) is 39.9 Å². The Hall–Kier alpha value is -3.02. The third-order valence-electron chi connectivity index (χ3n) is 3.19. The van der Waals surface area contributed by atoms with Gasteiger partial charge in [0.15, 0.2) is 0 Å². The van der Waals surface area contributed by atoms with Crippen LogP contribution in [0.2, 0.25) is 0 Å². The first-order valence-corrected chi connectivity index (χ1v) is 6.56. The van der Waals surface area contributed by atoms with Crippen molar-refractivity contribution in [2.24, 2.45) is 0 Å². The highest BCUT2D eigenvalue weighted by Gasteiger charge is 2.38. The summed E-state index contributed by atoms with van der Waals surface area (Å²) in [6, 6.07) is 0.208. The average Bonchev–Trinajstić information content (AvgIpc) is 2.75. The lowest BCUT2D eigenvalue weighted by Gasteiger charge is -2.14. The first-order valence-electron chi connectivity index (χ1n) is 6.56. The number of nitrogens with zero attached hydrogens (tertiary/aromatic N) is 2. The number of hydrogen-bond acceptors (Lipinski definition) is 6. The maximum Gasteiger partial charge on any atom is 0.419 e. The average molecular weight is 363 g/mol. The third kappa shape index (κ3) is 3.57. The predicted molar refractivity (Wildman–Crippen MR) is 73.6 cm³/mol. The third-order valence-corrected chi connectivity index (χ3v) is 3.19. The highest BCUT2D eigenvalue weighted by molar-refractivity contribution is 6.17. The van der Waals surface area contributed by atoms with Gasteiger partial charge in [-0.2, -0.15) is 13.2 Å². The van der Waals surface area contributed by atoms with E-state index in [0.717, 1.165) is 0 Å². The van der Waals surface area contributed by atoms with Gasteiger partial charge in [0.05, 0.1) is 29.7 Å². The fraction of sp³-hybridized carbons (Fsp3) is 0.231. The molecular weight excluding hydrogens is 354 g/mol. The number of nitro benzene ring substituents is 1. The molecule has 1 aromatic carbocycles. The van der Waals surface area contributed by atoms with E-state index in [2.05, 4.69) is 5.32 Å². The molecule has 12 heteroatoms. The zero-order valence-corrected chi connectivity index (χ0v) is 12.1. The maximum atomic E-state index is 13.5. The second-order valence-electron chi connectivity index (χ2n) is 4.81. The Bertz CT molecular complexity index is 791. The van der Waals surface area contributed by atoms with E-state index in [9.17, 15) is 37.3 Å². The van der Waals surface area contributed by atoms with Gasteiger partial charge in [0.1, 0.15) is 17.2 Å². The van der Waals surface area contributed by atoms with Crippen LogP contribution in [0.4, 0.5) is 28.9 Å². The van der Waals surface area contributed by atoms with Gasteiger partial charge < -0.3 is 10.4 Å². The SMILES string of the molecule is O=C1C=C(Nc2cc(C(F)(F)F)c(F)cc2[N+](=O)[O-])C(=O)N1CCO. The molecule has 134 valence electrons. The zero-order chi connectivity index (χ0) is 18.9. The molecule has 0 aliphatic carbocycles. The highest BCUT2D eigenvalue weighted by Crippen LogP contribution is 2.37. The number of halogens is 4. The molecule has 0 bridgehead atoms. The molecule has 2 amide bonds. The second kappa shape index (κ2) is 6.47. The minimum Gasteiger partial charge on any atom is -0.395 e. The van der Waals surface area contributed by atoms with Gasteiger partial charge in [-0.1, -0.05) is 0 Å². The maximum absolute atomic E-state index is 13.5. The summed E-state index contributed by atoms with van der Waals surface area (Å²) < 4.78 is 51.8. The number of nitro groups is 1. The molecular formula is C13H9F4N3O5. The highest BCUT2D eigenvalue weighted by atomic mass is 19.4. The first-order chi connectivity index (χ1) is 11.6. The lowest BCUT2D eigenvalue weighted by molar-refractivity contribution is -0.384. The van der Waals surface area contributed by atoms with Crippen molar-refractivity contribution >= 4 is 23.2 Å². The summed E-state index contributed by atoms with van der Waals surface area (Å²) in [6.07, 6.45) is -4.42. The van der Waals surface area contributed by atoms with Gasteiger partial charge >= 0.3 is 6.18 Å². The van der Waals surface area contributed by atoms with E-state index in [0.29, 0.717) is 11.0 Å². The Morgan fingerprint density at radius 2 is 1.92 bits per heavy atom. The standard InChI is InChI=1S/C13H9F4N3O5/c14-7-4-10(20(24)25)8(3-6(7)13(15,16)17)18-9-5-11(22)19(1-2-21)12(9)23/h3-5,18,21H,1-2H2. The van der Waals surface area contributed by atoms with Crippen molar-refractivity contribution in [2.75, 3.05) is 18.5 Å². The van der Waals surface area contributed by atoms with Gasteiger partial charge in [0.25, 0.3) is 17.5 Å². The zero-order valence-electron chi connectivity index (χ0n) is 12.1. The molecule has 0 fully saturated rings. The van der Waals surface area contributed by atoms with Gasteiger partial charge in [0.2, 0.25) is 0 Å². The fourth-order valence-corrected chi connectivity index (χ4v) is 2.09. The summed E-state index contributed by atoms with van der Waals surface area (Å²) in [7, 11) is 0. The summed E-state index contributed by atoms with van der Waals surface area (Å²) >= 11 is 0. The number of carbonyl (C=O) groups excluding carboxylic acids is 2. The largest absolute Gasteiger partial charge is 0.419 e. The topological polar surface area (TPSA) is 113 Å². The molecule has 25 heavy (non-hydrogen) atoms. The number of anilines is 1. The van der Waals surface area contributed by atoms with Crippen LogP contribution < -0.4 is 5.32 Å². The van der Waals surface area contributed by atoms with Gasteiger partial charge in [-0.05, 0) is 6.07 Å². The van der Waals surface area contributed by atoms with E-state index in [-0.39, 0.29) is 18.7 Å². The van der Waals surface area contributed by atoms with E-state index in [1.54, 1.807) is 0 Å². The molecule has 1 aliphatic rings. The molecule has 0 aromatic heterocycles. The number of aliphatic hydroxyl groups excluding tert-OH is 1. The van der Waals surface area contributed by atoms with Crippen molar-refractivity contribution in [3.05, 3.63) is 45.4 Å². The number of imide groups is 1. The molecule has 1 aromatic rings. The molecule has 0 saturated heterocycles. The minimum atomic E-state index is -5.12. The van der Waals surface area contributed by atoms with Crippen LogP contribution in [0.1, 0.15) is 5.56 Å². The Morgan fingerprint density at radius 1 is 1.28 bits per heavy atom. The van der Waals surface area contributed by atoms with Crippen LogP contribution >= 0.6 is 0 Å². The number of hydrogen-bond donors (Lipinski definition) is 2. The molecule has 0 radical (unpaired) electrons. The second-order valence-corrected chi connectivity index (χ2v) is 4.81. The van der Waals surface area contributed by atoms with E-state index in [4.69, 9.17) is 5.11 Å². The molecule has 2 N–H and O–H groups in total. The Balaban J connectivity index is 2.45. The van der Waals surface area contributed by atoms with Crippen LogP contribution in [-0.2, 0) is 15.8 Å². The molecule has 0 saturated carbocycles. The monoisotopic (exact) mass is 363 g/mol. The molecule has 1 heterocycles. The van der Waals surface area contributed by atoms with Crippen LogP contribution in [0, 0.1) is 15.9 Å². The number of rotatable bonds is 5. The van der Waals surface area contributed by atoms with E-state index in [1.807, 2.05) is 0 Å². The van der Waals surface area contributed by atoms with E-state index < -0.39 is 58.0 Å². The summed E-state index contributed by atoms with van der Waals surface area (Å²) in [4.78, 5) is 33.9. The lowest BCUT2D eigenvalue weighted by atomic mass is 10.1. The van der Waals surface area contributed by atoms with Crippen molar-refractivity contribution in [3.8, 4) is 0 Å².